The molecule has 1 aromatic heterocycles. The van der Waals surface area contributed by atoms with Crippen molar-refractivity contribution in [3.63, 3.8) is 0 Å². The Morgan fingerprint density at radius 1 is 1.07 bits per heavy atom. The predicted octanol–water partition coefficient (Wildman–Crippen LogP) is 4.22. The minimum Gasteiger partial charge on any atom is -0.336 e. The number of hydrogen-bond acceptors (Lipinski definition) is 4. The zero-order chi connectivity index (χ0) is 19.5. The van der Waals surface area contributed by atoms with Crippen molar-refractivity contribution in [3.05, 3.63) is 71.4 Å². The summed E-state index contributed by atoms with van der Waals surface area (Å²) in [5.74, 6) is 0.153. The van der Waals surface area contributed by atoms with Gasteiger partial charge in [0.05, 0.1) is 5.52 Å². The number of carbonyl (C=O) groups excluding carboxylic acids is 1. The van der Waals surface area contributed by atoms with E-state index >= 15 is 0 Å². The molecule has 2 heterocycles. The van der Waals surface area contributed by atoms with Crippen molar-refractivity contribution < 1.29 is 4.79 Å². The SMILES string of the molecule is CSc1ccc(C)c(C(=O)N2CCN(Cc3cccc4cccnc34)CC2)c1. The number of nitrogens with zero attached hydrogens (tertiary/aromatic N) is 3. The summed E-state index contributed by atoms with van der Waals surface area (Å²) in [4.78, 5) is 23.1. The molecule has 1 fully saturated rings. The van der Waals surface area contributed by atoms with Gasteiger partial charge in [-0.15, -0.1) is 11.8 Å². The van der Waals surface area contributed by atoms with Crippen LogP contribution in [0.1, 0.15) is 21.5 Å². The standard InChI is InChI=1S/C23H25N3OS/c1-17-8-9-20(28-2)15-21(17)23(27)26-13-11-25(12-14-26)16-19-6-3-5-18-7-4-10-24-22(18)19/h3-10,15H,11-14,16H2,1-2H3. The zero-order valence-electron chi connectivity index (χ0n) is 16.4. The maximum absolute atomic E-state index is 13.0. The monoisotopic (exact) mass is 391 g/mol. The summed E-state index contributed by atoms with van der Waals surface area (Å²) in [5.41, 5.74) is 4.21. The summed E-state index contributed by atoms with van der Waals surface area (Å²) in [6.07, 6.45) is 3.90. The van der Waals surface area contributed by atoms with Gasteiger partial charge >= 0.3 is 0 Å². The highest BCUT2D eigenvalue weighted by atomic mass is 32.2. The molecule has 0 saturated carbocycles. The fourth-order valence-corrected chi connectivity index (χ4v) is 4.21. The fourth-order valence-electron chi connectivity index (χ4n) is 3.77. The maximum Gasteiger partial charge on any atom is 0.254 e. The minimum atomic E-state index is 0.153. The number of aryl methyl sites for hydroxylation is 1. The molecule has 4 rings (SSSR count). The molecular weight excluding hydrogens is 366 g/mol. The van der Waals surface area contributed by atoms with Gasteiger partial charge in [-0.05, 0) is 42.5 Å². The maximum atomic E-state index is 13.0. The van der Waals surface area contributed by atoms with Gasteiger partial charge in [-0.25, -0.2) is 0 Å². The van der Waals surface area contributed by atoms with Crippen LogP contribution < -0.4 is 0 Å². The molecular formula is C23H25N3OS. The Hall–Kier alpha value is -2.37. The van der Waals surface area contributed by atoms with Gasteiger partial charge in [0.25, 0.3) is 5.91 Å². The van der Waals surface area contributed by atoms with E-state index in [1.165, 1.54) is 10.9 Å². The Kier molecular flexibility index (Phi) is 5.64. The second-order valence-electron chi connectivity index (χ2n) is 7.24. The first kappa shape index (κ1) is 19.0. The highest BCUT2D eigenvalue weighted by Gasteiger charge is 2.23. The molecule has 0 radical (unpaired) electrons. The Balaban J connectivity index is 1.43. The topological polar surface area (TPSA) is 36.4 Å². The summed E-state index contributed by atoms with van der Waals surface area (Å²) in [5, 5.41) is 1.18. The van der Waals surface area contributed by atoms with E-state index in [0.29, 0.717) is 0 Å². The second-order valence-corrected chi connectivity index (χ2v) is 8.12. The molecule has 0 spiro atoms. The number of hydrogen-bond donors (Lipinski definition) is 0. The molecule has 1 saturated heterocycles. The number of piperazine rings is 1. The normalized spacial score (nSPS) is 15.1. The fraction of sp³-hybridized carbons (Fsp3) is 0.304. The average Bonchev–Trinajstić information content (AvgIpc) is 2.74. The zero-order valence-corrected chi connectivity index (χ0v) is 17.2. The number of amides is 1. The van der Waals surface area contributed by atoms with Gasteiger partial charge in [0.15, 0.2) is 0 Å². The summed E-state index contributed by atoms with van der Waals surface area (Å²) < 4.78 is 0. The molecule has 1 aliphatic rings. The van der Waals surface area contributed by atoms with Crippen LogP contribution in [0.25, 0.3) is 10.9 Å². The molecule has 1 amide bonds. The number of benzene rings is 2. The van der Waals surface area contributed by atoms with Crippen LogP contribution in [0.2, 0.25) is 0 Å². The van der Waals surface area contributed by atoms with Gasteiger partial charge in [0, 0.05) is 54.8 Å². The van der Waals surface area contributed by atoms with Gasteiger partial charge < -0.3 is 4.90 Å². The van der Waals surface area contributed by atoms with Crippen molar-refractivity contribution in [1.82, 2.24) is 14.8 Å². The van der Waals surface area contributed by atoms with E-state index in [9.17, 15) is 4.79 Å². The van der Waals surface area contributed by atoms with E-state index in [4.69, 9.17) is 0 Å². The molecule has 0 aliphatic carbocycles. The van der Waals surface area contributed by atoms with Crippen molar-refractivity contribution in [2.75, 3.05) is 32.4 Å². The van der Waals surface area contributed by atoms with Crippen LogP contribution in [0.4, 0.5) is 0 Å². The average molecular weight is 392 g/mol. The minimum absolute atomic E-state index is 0.153. The number of pyridine rings is 1. The first-order valence-electron chi connectivity index (χ1n) is 9.64. The van der Waals surface area contributed by atoms with E-state index in [-0.39, 0.29) is 5.91 Å². The summed E-state index contributed by atoms with van der Waals surface area (Å²) in [7, 11) is 0. The van der Waals surface area contributed by atoms with Crippen LogP contribution in [-0.4, -0.2) is 53.1 Å². The number of fused-ring (bicyclic) bond motifs is 1. The largest absolute Gasteiger partial charge is 0.336 e. The lowest BCUT2D eigenvalue weighted by Gasteiger charge is -2.35. The molecule has 4 nitrogen and oxygen atoms in total. The molecule has 5 heteroatoms. The molecule has 0 unspecified atom stereocenters. The van der Waals surface area contributed by atoms with E-state index in [0.717, 1.165) is 54.3 Å². The van der Waals surface area contributed by atoms with Gasteiger partial charge in [0.1, 0.15) is 0 Å². The quantitative estimate of drug-likeness (QED) is 0.624. The Labute approximate surface area is 170 Å². The smallest absolute Gasteiger partial charge is 0.254 e. The second kappa shape index (κ2) is 8.33. The Morgan fingerprint density at radius 3 is 2.64 bits per heavy atom. The van der Waals surface area contributed by atoms with Gasteiger partial charge in [-0.2, -0.15) is 0 Å². The molecule has 0 bridgehead atoms. The van der Waals surface area contributed by atoms with E-state index in [1.807, 2.05) is 42.5 Å². The number of thioether (sulfide) groups is 1. The Morgan fingerprint density at radius 2 is 1.86 bits per heavy atom. The van der Waals surface area contributed by atoms with Crippen molar-refractivity contribution in [2.24, 2.45) is 0 Å². The first-order chi connectivity index (χ1) is 13.7. The molecule has 3 aromatic rings. The number of para-hydroxylation sites is 1. The van der Waals surface area contributed by atoms with Crippen LogP contribution in [0.3, 0.4) is 0 Å². The molecule has 144 valence electrons. The van der Waals surface area contributed by atoms with Gasteiger partial charge in [-0.1, -0.05) is 30.3 Å². The van der Waals surface area contributed by atoms with Crippen LogP contribution in [0.5, 0.6) is 0 Å². The van der Waals surface area contributed by atoms with Gasteiger partial charge in [0.2, 0.25) is 0 Å². The Bertz CT molecular complexity index is 991. The number of rotatable bonds is 4. The van der Waals surface area contributed by atoms with E-state index in [2.05, 4.69) is 40.2 Å². The third kappa shape index (κ3) is 3.91. The van der Waals surface area contributed by atoms with Crippen LogP contribution in [-0.2, 0) is 6.54 Å². The van der Waals surface area contributed by atoms with E-state index in [1.54, 1.807) is 11.8 Å². The lowest BCUT2D eigenvalue weighted by molar-refractivity contribution is 0.0628. The van der Waals surface area contributed by atoms with Crippen molar-refractivity contribution in [3.8, 4) is 0 Å². The van der Waals surface area contributed by atoms with Crippen molar-refractivity contribution in [1.29, 1.82) is 0 Å². The van der Waals surface area contributed by atoms with E-state index < -0.39 is 0 Å². The van der Waals surface area contributed by atoms with Gasteiger partial charge in [-0.3, -0.25) is 14.7 Å². The number of aromatic nitrogens is 1. The molecule has 0 N–H and O–H groups in total. The molecule has 1 aliphatic heterocycles. The summed E-state index contributed by atoms with van der Waals surface area (Å²) >= 11 is 1.67. The lowest BCUT2D eigenvalue weighted by Crippen LogP contribution is -2.48. The third-order valence-electron chi connectivity index (χ3n) is 5.44. The summed E-state index contributed by atoms with van der Waals surface area (Å²) in [6.45, 7) is 6.19. The molecule has 28 heavy (non-hydrogen) atoms. The van der Waals surface area contributed by atoms with Crippen molar-refractivity contribution in [2.45, 2.75) is 18.4 Å². The van der Waals surface area contributed by atoms with Crippen LogP contribution >= 0.6 is 11.8 Å². The highest BCUT2D eigenvalue weighted by Crippen LogP contribution is 2.22. The highest BCUT2D eigenvalue weighted by molar-refractivity contribution is 7.98. The number of carbonyl (C=O) groups is 1. The van der Waals surface area contributed by atoms with Crippen LogP contribution in [0.15, 0.2) is 59.6 Å². The lowest BCUT2D eigenvalue weighted by atomic mass is 10.1. The third-order valence-corrected chi connectivity index (χ3v) is 6.17. The summed E-state index contributed by atoms with van der Waals surface area (Å²) in [6, 6.07) is 16.6. The van der Waals surface area contributed by atoms with Crippen molar-refractivity contribution >= 4 is 28.6 Å². The molecule has 0 atom stereocenters. The predicted molar refractivity (Wildman–Crippen MR) is 116 cm³/mol. The van der Waals surface area contributed by atoms with Crippen LogP contribution in [0, 0.1) is 6.92 Å². The molecule has 2 aromatic carbocycles. The first-order valence-corrected chi connectivity index (χ1v) is 10.9.